The molecule has 112 valence electrons. The van der Waals surface area contributed by atoms with Gasteiger partial charge in [-0.2, -0.15) is 0 Å². The molecule has 1 aromatic heterocycles. The van der Waals surface area contributed by atoms with Gasteiger partial charge in [0.15, 0.2) is 0 Å². The van der Waals surface area contributed by atoms with Crippen molar-refractivity contribution in [1.29, 1.82) is 0 Å². The number of hydrogen-bond donors (Lipinski definition) is 1. The molecule has 2 nitrogen and oxygen atoms in total. The minimum absolute atomic E-state index is 0.375. The number of aromatic nitrogens is 1. The molecule has 1 fully saturated rings. The van der Waals surface area contributed by atoms with Gasteiger partial charge in [-0.25, -0.2) is 0 Å². The van der Waals surface area contributed by atoms with Gasteiger partial charge in [0.2, 0.25) is 0 Å². The van der Waals surface area contributed by atoms with Crippen LogP contribution in [0.5, 0.6) is 0 Å². The number of halogens is 2. The minimum Gasteiger partial charge on any atom is -0.309 e. The molecule has 0 bridgehead atoms. The highest BCUT2D eigenvalue weighted by atomic mass is 79.9. The van der Waals surface area contributed by atoms with Crippen molar-refractivity contribution < 1.29 is 0 Å². The predicted molar refractivity (Wildman–Crippen MR) is 91.8 cm³/mol. The van der Waals surface area contributed by atoms with E-state index in [4.69, 9.17) is 0 Å². The van der Waals surface area contributed by atoms with Crippen LogP contribution >= 0.6 is 31.9 Å². The Labute approximate surface area is 139 Å². The van der Waals surface area contributed by atoms with Crippen molar-refractivity contribution in [3.63, 3.8) is 0 Å². The first-order valence-electron chi connectivity index (χ1n) is 7.70. The monoisotopic (exact) mass is 402 g/mol. The Morgan fingerprint density at radius 1 is 1.25 bits per heavy atom. The number of nitrogens with one attached hydrogen (secondary N) is 1. The molecule has 1 saturated carbocycles. The van der Waals surface area contributed by atoms with Gasteiger partial charge in [0.1, 0.15) is 0 Å². The van der Waals surface area contributed by atoms with Crippen LogP contribution in [0.2, 0.25) is 0 Å². The summed E-state index contributed by atoms with van der Waals surface area (Å²) in [5, 5.41) is 3.65. The standard InChI is InChI=1S/C16H24Br2N2/c1-3-11-5-7-12(8-6-11)15(19-4-2)16-14(18)9-13(17)10-20-16/h9-12,15,19H,3-8H2,1-2H3. The van der Waals surface area contributed by atoms with Gasteiger partial charge in [0.05, 0.1) is 11.7 Å². The minimum atomic E-state index is 0.375. The maximum atomic E-state index is 4.65. The van der Waals surface area contributed by atoms with E-state index >= 15 is 0 Å². The van der Waals surface area contributed by atoms with Crippen molar-refractivity contribution in [2.75, 3.05) is 6.54 Å². The molecule has 0 amide bonds. The van der Waals surface area contributed by atoms with Crippen LogP contribution in [0.25, 0.3) is 0 Å². The Hall–Kier alpha value is 0.0700. The molecular formula is C16H24Br2N2. The van der Waals surface area contributed by atoms with E-state index in [1.807, 2.05) is 6.20 Å². The van der Waals surface area contributed by atoms with Gasteiger partial charge in [-0.3, -0.25) is 4.98 Å². The van der Waals surface area contributed by atoms with Gasteiger partial charge in [-0.1, -0.05) is 33.1 Å². The highest BCUT2D eigenvalue weighted by molar-refractivity contribution is 9.11. The third kappa shape index (κ3) is 4.05. The molecule has 1 aliphatic rings. The number of pyridine rings is 1. The van der Waals surface area contributed by atoms with Crippen molar-refractivity contribution in [3.05, 3.63) is 26.9 Å². The summed E-state index contributed by atoms with van der Waals surface area (Å²) in [5.41, 5.74) is 1.16. The van der Waals surface area contributed by atoms with Crippen LogP contribution in [0.4, 0.5) is 0 Å². The maximum Gasteiger partial charge on any atom is 0.0718 e. The second-order valence-corrected chi connectivity index (χ2v) is 7.52. The van der Waals surface area contributed by atoms with Gasteiger partial charge in [0.25, 0.3) is 0 Å². The lowest BCUT2D eigenvalue weighted by Gasteiger charge is -2.34. The van der Waals surface area contributed by atoms with Crippen molar-refractivity contribution in [2.24, 2.45) is 11.8 Å². The predicted octanol–water partition coefficient (Wildman–Crippen LogP) is 5.47. The Morgan fingerprint density at radius 3 is 2.50 bits per heavy atom. The summed E-state index contributed by atoms with van der Waals surface area (Å²) in [5.74, 6) is 1.65. The first-order valence-corrected chi connectivity index (χ1v) is 9.28. The van der Waals surface area contributed by atoms with Crippen molar-refractivity contribution in [3.8, 4) is 0 Å². The molecule has 0 aliphatic heterocycles. The summed E-state index contributed by atoms with van der Waals surface area (Å²) in [7, 11) is 0. The molecule has 2 rings (SSSR count). The third-order valence-corrected chi connectivity index (χ3v) is 5.56. The maximum absolute atomic E-state index is 4.65. The molecule has 0 radical (unpaired) electrons. The summed E-state index contributed by atoms with van der Waals surface area (Å²) >= 11 is 7.16. The molecule has 0 saturated heterocycles. The Morgan fingerprint density at radius 2 is 1.95 bits per heavy atom. The van der Waals surface area contributed by atoms with E-state index in [2.05, 4.69) is 62.1 Å². The summed E-state index contributed by atoms with van der Waals surface area (Å²) in [6, 6.07) is 2.48. The first-order chi connectivity index (χ1) is 9.65. The molecular weight excluding hydrogens is 380 g/mol. The lowest BCUT2D eigenvalue weighted by Crippen LogP contribution is -2.32. The quantitative estimate of drug-likeness (QED) is 0.704. The third-order valence-electron chi connectivity index (χ3n) is 4.50. The lowest BCUT2D eigenvalue weighted by molar-refractivity contribution is 0.217. The Kier molecular flexibility index (Phi) is 6.50. The molecule has 4 heteroatoms. The molecule has 1 atom stereocenters. The molecule has 0 spiro atoms. The van der Waals surface area contributed by atoms with Crippen LogP contribution in [0.3, 0.4) is 0 Å². The fraction of sp³-hybridized carbons (Fsp3) is 0.688. The van der Waals surface area contributed by atoms with Gasteiger partial charge >= 0.3 is 0 Å². The van der Waals surface area contributed by atoms with Crippen LogP contribution in [0.15, 0.2) is 21.2 Å². The van der Waals surface area contributed by atoms with Gasteiger partial charge in [-0.15, -0.1) is 0 Å². The van der Waals surface area contributed by atoms with E-state index in [1.54, 1.807) is 0 Å². The topological polar surface area (TPSA) is 24.9 Å². The van der Waals surface area contributed by atoms with E-state index in [9.17, 15) is 0 Å². The number of rotatable bonds is 5. The lowest BCUT2D eigenvalue weighted by atomic mass is 9.77. The van der Waals surface area contributed by atoms with Gasteiger partial charge in [0, 0.05) is 15.1 Å². The Bertz CT molecular complexity index is 428. The number of hydrogen-bond acceptors (Lipinski definition) is 2. The smallest absolute Gasteiger partial charge is 0.0718 e. The van der Waals surface area contributed by atoms with Crippen molar-refractivity contribution >= 4 is 31.9 Å². The zero-order chi connectivity index (χ0) is 14.5. The second-order valence-electron chi connectivity index (χ2n) is 5.75. The van der Waals surface area contributed by atoms with Crippen LogP contribution in [0.1, 0.15) is 57.7 Å². The van der Waals surface area contributed by atoms with E-state index < -0.39 is 0 Å². The van der Waals surface area contributed by atoms with Crippen molar-refractivity contribution in [1.82, 2.24) is 10.3 Å². The highest BCUT2D eigenvalue weighted by Gasteiger charge is 2.29. The second kappa shape index (κ2) is 7.90. The average molecular weight is 404 g/mol. The first kappa shape index (κ1) is 16.4. The van der Waals surface area contributed by atoms with E-state index in [0.29, 0.717) is 12.0 Å². The fourth-order valence-corrected chi connectivity index (χ4v) is 4.52. The molecule has 20 heavy (non-hydrogen) atoms. The zero-order valence-electron chi connectivity index (χ0n) is 12.3. The van der Waals surface area contributed by atoms with E-state index in [-0.39, 0.29) is 0 Å². The summed E-state index contributed by atoms with van der Waals surface area (Å²) in [6.07, 6.45) is 8.62. The molecule has 1 N–H and O–H groups in total. The van der Waals surface area contributed by atoms with Crippen LogP contribution in [-0.2, 0) is 0 Å². The zero-order valence-corrected chi connectivity index (χ0v) is 15.5. The molecule has 1 aromatic rings. The van der Waals surface area contributed by atoms with Gasteiger partial charge < -0.3 is 5.32 Å². The van der Waals surface area contributed by atoms with Crippen LogP contribution in [0, 0.1) is 11.8 Å². The highest BCUT2D eigenvalue weighted by Crippen LogP contribution is 2.39. The molecule has 1 heterocycles. The summed E-state index contributed by atoms with van der Waals surface area (Å²) in [6.45, 7) is 5.49. The van der Waals surface area contributed by atoms with E-state index in [0.717, 1.165) is 27.1 Å². The SMILES string of the molecule is CCNC(c1ncc(Br)cc1Br)C1CCC(CC)CC1. The number of nitrogens with zero attached hydrogens (tertiary/aromatic N) is 1. The fourth-order valence-electron chi connectivity index (χ4n) is 3.29. The van der Waals surface area contributed by atoms with E-state index in [1.165, 1.54) is 32.1 Å². The van der Waals surface area contributed by atoms with Crippen LogP contribution < -0.4 is 5.32 Å². The summed E-state index contributed by atoms with van der Waals surface area (Å²) < 4.78 is 2.13. The molecule has 1 unspecified atom stereocenters. The van der Waals surface area contributed by atoms with Gasteiger partial charge in [-0.05, 0) is 69.1 Å². The molecule has 1 aliphatic carbocycles. The molecule has 0 aromatic carbocycles. The average Bonchev–Trinajstić information content (AvgIpc) is 2.46. The Balaban J connectivity index is 2.14. The van der Waals surface area contributed by atoms with Crippen molar-refractivity contribution in [2.45, 2.75) is 52.0 Å². The van der Waals surface area contributed by atoms with Crippen LogP contribution in [-0.4, -0.2) is 11.5 Å². The largest absolute Gasteiger partial charge is 0.309 e. The summed E-state index contributed by atoms with van der Waals surface area (Å²) in [4.78, 5) is 4.65. The normalized spacial score (nSPS) is 24.6.